The van der Waals surface area contributed by atoms with Crippen LogP contribution in [0.1, 0.15) is 13.8 Å². The molecule has 1 saturated heterocycles. The van der Waals surface area contributed by atoms with E-state index in [-0.39, 0.29) is 12.6 Å². The van der Waals surface area contributed by atoms with Gasteiger partial charge in [0.1, 0.15) is 0 Å². The molecule has 1 amide bonds. The van der Waals surface area contributed by atoms with E-state index in [1.807, 2.05) is 0 Å². The van der Waals surface area contributed by atoms with Crippen LogP contribution in [-0.2, 0) is 19.6 Å². The molecule has 0 radical (unpaired) electrons. The Kier molecular flexibility index (Phi) is 4.28. The van der Waals surface area contributed by atoms with Crippen LogP contribution in [0.2, 0.25) is 0 Å². The van der Waals surface area contributed by atoms with Crippen molar-refractivity contribution in [3.05, 3.63) is 0 Å². The molecule has 0 saturated carbocycles. The van der Waals surface area contributed by atoms with Crippen LogP contribution >= 0.6 is 0 Å². The molecule has 0 bridgehead atoms. The summed E-state index contributed by atoms with van der Waals surface area (Å²) >= 11 is 0. The maximum absolute atomic E-state index is 11.7. The molecule has 0 aromatic carbocycles. The highest BCUT2D eigenvalue weighted by molar-refractivity contribution is 7.90. The van der Waals surface area contributed by atoms with Crippen LogP contribution < -0.4 is 10.0 Å². The molecule has 0 aromatic heterocycles. The summed E-state index contributed by atoms with van der Waals surface area (Å²) in [5.41, 5.74) is 0. The largest absolute Gasteiger partial charge is 0.379 e. The van der Waals surface area contributed by atoms with Crippen LogP contribution in [-0.4, -0.2) is 45.9 Å². The number of ether oxygens (including phenoxy) is 1. The summed E-state index contributed by atoms with van der Waals surface area (Å²) in [6.45, 7) is 3.73. The molecule has 1 heterocycles. The summed E-state index contributed by atoms with van der Waals surface area (Å²) in [5, 5.41) is 2.31. The lowest BCUT2D eigenvalue weighted by Gasteiger charge is -2.17. The van der Waals surface area contributed by atoms with Crippen molar-refractivity contribution >= 4 is 15.9 Å². The van der Waals surface area contributed by atoms with E-state index in [1.54, 1.807) is 7.05 Å². The Morgan fingerprint density at radius 3 is 2.50 bits per heavy atom. The molecular formula is C9H18N2O4S. The first kappa shape index (κ1) is 13.4. The number of hydrogen-bond donors (Lipinski definition) is 2. The first-order valence-corrected chi connectivity index (χ1v) is 6.73. The van der Waals surface area contributed by atoms with Crippen molar-refractivity contribution < 1.29 is 17.9 Å². The average molecular weight is 250 g/mol. The third kappa shape index (κ3) is 2.93. The van der Waals surface area contributed by atoms with E-state index in [0.29, 0.717) is 6.61 Å². The topological polar surface area (TPSA) is 84.5 Å². The molecule has 2 N–H and O–H groups in total. The van der Waals surface area contributed by atoms with Crippen LogP contribution in [0, 0.1) is 5.92 Å². The normalized spacial score (nSPS) is 26.0. The second-order valence-corrected chi connectivity index (χ2v) is 6.34. The number of amides is 1. The molecule has 6 nitrogen and oxygen atoms in total. The molecule has 1 fully saturated rings. The van der Waals surface area contributed by atoms with E-state index in [0.717, 1.165) is 0 Å². The fourth-order valence-electron chi connectivity index (χ4n) is 1.43. The smallest absolute Gasteiger partial charge is 0.240 e. The van der Waals surface area contributed by atoms with Crippen molar-refractivity contribution in [2.45, 2.75) is 25.1 Å². The van der Waals surface area contributed by atoms with Gasteiger partial charge in [-0.3, -0.25) is 9.52 Å². The number of carbonyl (C=O) groups excluding carboxylic acids is 1. The summed E-state index contributed by atoms with van der Waals surface area (Å²) in [7, 11) is -1.83. The van der Waals surface area contributed by atoms with Crippen molar-refractivity contribution in [3.63, 3.8) is 0 Å². The van der Waals surface area contributed by atoms with E-state index in [1.165, 1.54) is 13.8 Å². The van der Waals surface area contributed by atoms with Crippen molar-refractivity contribution in [2.75, 3.05) is 20.3 Å². The van der Waals surface area contributed by atoms with Gasteiger partial charge < -0.3 is 10.1 Å². The Morgan fingerprint density at radius 2 is 2.00 bits per heavy atom. The van der Waals surface area contributed by atoms with Crippen LogP contribution in [0.25, 0.3) is 0 Å². The van der Waals surface area contributed by atoms with E-state index in [9.17, 15) is 13.2 Å². The maximum atomic E-state index is 11.7. The fourth-order valence-corrected chi connectivity index (χ4v) is 2.10. The quantitative estimate of drug-likeness (QED) is 0.674. The van der Waals surface area contributed by atoms with E-state index in [2.05, 4.69) is 10.0 Å². The third-order valence-electron chi connectivity index (χ3n) is 2.65. The number of nitrogens with one attached hydrogen (secondary N) is 2. The van der Waals surface area contributed by atoms with E-state index >= 15 is 0 Å². The first-order valence-electron chi connectivity index (χ1n) is 5.19. The fraction of sp³-hybridized carbons (Fsp3) is 0.889. The zero-order valence-electron chi connectivity index (χ0n) is 9.69. The standard InChI is InChI=1S/C9H18N2O4S/c1-6(2)16(13,14)11-9(12)7-4-15-5-8(7)10-3/h6-8,10H,4-5H2,1-3H3,(H,11,12). The minimum absolute atomic E-state index is 0.123. The van der Waals surface area contributed by atoms with Crippen LogP contribution in [0.5, 0.6) is 0 Å². The van der Waals surface area contributed by atoms with Gasteiger partial charge in [0.05, 0.1) is 24.4 Å². The Bertz CT molecular complexity index is 353. The summed E-state index contributed by atoms with van der Waals surface area (Å²) in [6, 6.07) is -0.123. The third-order valence-corrected chi connectivity index (χ3v) is 4.38. The van der Waals surface area contributed by atoms with Gasteiger partial charge in [0.2, 0.25) is 15.9 Å². The van der Waals surface area contributed by atoms with Gasteiger partial charge in [-0.25, -0.2) is 8.42 Å². The van der Waals surface area contributed by atoms with Gasteiger partial charge in [-0.2, -0.15) is 0 Å². The van der Waals surface area contributed by atoms with Crippen LogP contribution in [0.3, 0.4) is 0 Å². The summed E-state index contributed by atoms with van der Waals surface area (Å²) in [6.07, 6.45) is 0. The van der Waals surface area contributed by atoms with Gasteiger partial charge in [0.15, 0.2) is 0 Å². The van der Waals surface area contributed by atoms with Crippen molar-refractivity contribution in [1.82, 2.24) is 10.0 Å². The molecule has 0 aliphatic carbocycles. The molecule has 2 atom stereocenters. The van der Waals surface area contributed by atoms with Gasteiger partial charge in [0.25, 0.3) is 0 Å². The van der Waals surface area contributed by atoms with E-state index < -0.39 is 27.1 Å². The van der Waals surface area contributed by atoms with Crippen LogP contribution in [0.15, 0.2) is 0 Å². The summed E-state index contributed by atoms with van der Waals surface area (Å²) in [4.78, 5) is 11.7. The Morgan fingerprint density at radius 1 is 1.38 bits per heavy atom. The molecular weight excluding hydrogens is 232 g/mol. The van der Waals surface area contributed by atoms with Gasteiger partial charge in [0, 0.05) is 6.04 Å². The molecule has 7 heteroatoms. The predicted molar refractivity (Wildman–Crippen MR) is 59.4 cm³/mol. The zero-order valence-corrected chi connectivity index (χ0v) is 10.5. The molecule has 0 aromatic rings. The first-order chi connectivity index (χ1) is 7.38. The van der Waals surface area contributed by atoms with Crippen molar-refractivity contribution in [2.24, 2.45) is 5.92 Å². The second kappa shape index (κ2) is 5.11. The number of sulfonamides is 1. The SMILES string of the molecule is CNC1COCC1C(=O)NS(=O)(=O)C(C)C. The van der Waals surface area contributed by atoms with Crippen molar-refractivity contribution in [3.8, 4) is 0 Å². The molecule has 1 rings (SSSR count). The maximum Gasteiger partial charge on any atom is 0.240 e. The molecule has 94 valence electrons. The van der Waals surface area contributed by atoms with Gasteiger partial charge in [-0.05, 0) is 20.9 Å². The molecule has 0 spiro atoms. The Labute approximate surface area is 95.8 Å². The summed E-state index contributed by atoms with van der Waals surface area (Å²) in [5.74, 6) is -0.941. The predicted octanol–water partition coefficient (Wildman–Crippen LogP) is -0.925. The Hall–Kier alpha value is -0.660. The Balaban J connectivity index is 2.66. The number of carbonyl (C=O) groups is 1. The lowest BCUT2D eigenvalue weighted by molar-refractivity contribution is -0.123. The van der Waals surface area contributed by atoms with Crippen molar-refractivity contribution in [1.29, 1.82) is 0 Å². The summed E-state index contributed by atoms with van der Waals surface area (Å²) < 4.78 is 30.2. The van der Waals surface area contributed by atoms with E-state index in [4.69, 9.17) is 4.74 Å². The second-order valence-electron chi connectivity index (χ2n) is 4.10. The number of likely N-dealkylation sites (N-methyl/N-ethyl adjacent to an activating group) is 1. The minimum atomic E-state index is -3.55. The molecule has 1 aliphatic heterocycles. The van der Waals surface area contributed by atoms with Gasteiger partial charge >= 0.3 is 0 Å². The number of rotatable bonds is 4. The van der Waals surface area contributed by atoms with Crippen LogP contribution in [0.4, 0.5) is 0 Å². The lowest BCUT2D eigenvalue weighted by atomic mass is 10.0. The number of hydrogen-bond acceptors (Lipinski definition) is 5. The van der Waals surface area contributed by atoms with Gasteiger partial charge in [-0.1, -0.05) is 0 Å². The average Bonchev–Trinajstić information content (AvgIpc) is 2.64. The highest BCUT2D eigenvalue weighted by Crippen LogP contribution is 2.14. The molecule has 2 unspecified atom stereocenters. The minimum Gasteiger partial charge on any atom is -0.379 e. The van der Waals surface area contributed by atoms with Gasteiger partial charge in [-0.15, -0.1) is 0 Å². The highest BCUT2D eigenvalue weighted by atomic mass is 32.2. The highest BCUT2D eigenvalue weighted by Gasteiger charge is 2.35. The molecule has 16 heavy (non-hydrogen) atoms. The monoisotopic (exact) mass is 250 g/mol. The zero-order chi connectivity index (χ0) is 12.3. The molecule has 1 aliphatic rings. The lowest BCUT2D eigenvalue weighted by Crippen LogP contribution is -2.46.